The summed E-state index contributed by atoms with van der Waals surface area (Å²) in [6.45, 7) is 1.70. The Balaban J connectivity index is 1.83. The van der Waals surface area contributed by atoms with Crippen LogP contribution < -0.4 is 15.1 Å². The molecule has 0 aliphatic carbocycles. The maximum atomic E-state index is 12.9. The maximum absolute atomic E-state index is 12.9. The Morgan fingerprint density at radius 1 is 1.30 bits per heavy atom. The molecule has 158 valence electrons. The number of benzene rings is 2. The summed E-state index contributed by atoms with van der Waals surface area (Å²) in [5, 5.41) is 17.4. The second-order valence-electron chi connectivity index (χ2n) is 6.11. The molecular weight excluding hydrogens is 443 g/mol. The molecule has 0 bridgehead atoms. The second-order valence-corrected chi connectivity index (χ2v) is 7.71. The summed E-state index contributed by atoms with van der Waals surface area (Å²) < 4.78 is 44.8. The Bertz CT molecular complexity index is 1040. The number of nitrogens with one attached hydrogen (secondary N) is 1. The lowest BCUT2D eigenvalue weighted by molar-refractivity contribution is -0.705. The van der Waals surface area contributed by atoms with Gasteiger partial charge in [0.15, 0.2) is 5.95 Å². The number of para-hydroxylation sites is 1. The summed E-state index contributed by atoms with van der Waals surface area (Å²) in [5.41, 5.74) is -0.549. The molecule has 3 rings (SSSR count). The van der Waals surface area contributed by atoms with Gasteiger partial charge in [-0.3, -0.25) is 4.79 Å². The van der Waals surface area contributed by atoms with Crippen LogP contribution in [0.5, 0.6) is 5.95 Å². The highest BCUT2D eigenvalue weighted by Gasteiger charge is 2.32. The molecule has 30 heavy (non-hydrogen) atoms. The number of rotatable bonds is 6. The van der Waals surface area contributed by atoms with Crippen molar-refractivity contribution in [1.82, 2.24) is 5.27 Å². The number of aromatic nitrogens is 2. The lowest BCUT2D eigenvalue weighted by Crippen LogP contribution is -2.36. The van der Waals surface area contributed by atoms with E-state index in [1.165, 1.54) is 4.68 Å². The Kier molecular flexibility index (Phi) is 6.57. The molecule has 0 spiro atoms. The average Bonchev–Trinajstić information content (AvgIpc) is 3.07. The van der Waals surface area contributed by atoms with Crippen molar-refractivity contribution in [3.63, 3.8) is 0 Å². The third-order valence-corrected chi connectivity index (χ3v) is 5.77. The van der Waals surface area contributed by atoms with Crippen molar-refractivity contribution in [1.29, 1.82) is 0 Å². The zero-order chi connectivity index (χ0) is 21.9. The summed E-state index contributed by atoms with van der Waals surface area (Å²) in [5.74, 6) is -1.34. The largest absolute Gasteiger partial charge is 0.538 e. The first-order valence-electron chi connectivity index (χ1n) is 8.69. The molecule has 6 nitrogen and oxygen atoms in total. The van der Waals surface area contributed by atoms with Crippen LogP contribution in [0.3, 0.4) is 0 Å². The molecule has 1 heterocycles. The van der Waals surface area contributed by atoms with E-state index in [0.29, 0.717) is 5.69 Å². The predicted octanol–water partition coefficient (Wildman–Crippen LogP) is 4.21. The van der Waals surface area contributed by atoms with Crippen molar-refractivity contribution in [2.45, 2.75) is 29.8 Å². The highest BCUT2D eigenvalue weighted by molar-refractivity contribution is 8.00. The van der Waals surface area contributed by atoms with Gasteiger partial charge in [-0.05, 0) is 41.1 Å². The number of halogens is 4. The van der Waals surface area contributed by atoms with E-state index in [9.17, 15) is 23.1 Å². The lowest BCUT2D eigenvalue weighted by Gasteiger charge is -2.15. The van der Waals surface area contributed by atoms with Crippen molar-refractivity contribution in [3.8, 4) is 11.6 Å². The second kappa shape index (κ2) is 8.97. The first kappa shape index (κ1) is 22.0. The van der Waals surface area contributed by atoms with Gasteiger partial charge in [0.25, 0.3) is 5.03 Å². The molecule has 1 amide bonds. The van der Waals surface area contributed by atoms with E-state index in [-0.39, 0.29) is 22.2 Å². The number of carbonyl (C=O) groups excluding carboxylic acids is 1. The number of nitrogens with zero attached hydrogens (tertiary/aromatic N) is 2. The maximum Gasteiger partial charge on any atom is 0.416 e. The molecule has 11 heteroatoms. The van der Waals surface area contributed by atoms with Gasteiger partial charge in [0.1, 0.15) is 0 Å². The van der Waals surface area contributed by atoms with E-state index < -0.39 is 28.8 Å². The van der Waals surface area contributed by atoms with E-state index in [0.717, 1.165) is 30.0 Å². The van der Waals surface area contributed by atoms with E-state index in [2.05, 4.69) is 10.6 Å². The fourth-order valence-electron chi connectivity index (χ4n) is 2.54. The third kappa shape index (κ3) is 4.88. The van der Waals surface area contributed by atoms with Crippen molar-refractivity contribution in [3.05, 3.63) is 59.1 Å². The topological polar surface area (TPSA) is 82.1 Å². The van der Waals surface area contributed by atoms with Crippen LogP contribution in [0.2, 0.25) is 5.02 Å². The minimum absolute atomic E-state index is 0.0370. The number of carbonyl (C=O) groups is 1. The van der Waals surface area contributed by atoms with E-state index in [1.807, 2.05) is 0 Å². The standard InChI is InChI=1S/C19H15ClF3N3O3S/c1-2-15(16(27)24-14-10-11(19(21,22)23)8-9-13(14)20)30-17-18(28)29-25-26(17)12-6-4-3-5-7-12/h3-10,15H,2H2,1H3,(H-,24,25,27,28). The van der Waals surface area contributed by atoms with Crippen LogP contribution in [0.15, 0.2) is 58.1 Å². The Morgan fingerprint density at radius 3 is 2.63 bits per heavy atom. The molecule has 1 aromatic heterocycles. The molecule has 0 saturated carbocycles. The molecule has 0 aliphatic rings. The normalized spacial score (nSPS) is 12.6. The summed E-state index contributed by atoms with van der Waals surface area (Å²) in [6, 6.07) is 11.3. The monoisotopic (exact) mass is 457 g/mol. The van der Waals surface area contributed by atoms with Crippen molar-refractivity contribution < 1.29 is 32.3 Å². The van der Waals surface area contributed by atoms with Crippen molar-refractivity contribution >= 4 is 35.0 Å². The summed E-state index contributed by atoms with van der Waals surface area (Å²) in [7, 11) is 0. The molecule has 1 atom stereocenters. The fourth-order valence-corrected chi connectivity index (χ4v) is 3.68. The first-order chi connectivity index (χ1) is 14.2. The SMILES string of the molecule is CCC(Sc1c([O-])on[n+]1-c1ccccc1)C(=O)Nc1cc(C(F)(F)F)ccc1Cl. The Morgan fingerprint density at radius 2 is 2.00 bits per heavy atom. The number of anilines is 1. The molecule has 0 fully saturated rings. The van der Waals surface area contributed by atoms with Crippen LogP contribution in [-0.4, -0.2) is 16.4 Å². The van der Waals surface area contributed by atoms with Crippen molar-refractivity contribution in [2.75, 3.05) is 5.32 Å². The molecule has 1 unspecified atom stereocenters. The molecule has 0 saturated heterocycles. The Labute approximate surface area is 178 Å². The van der Waals surface area contributed by atoms with Crippen LogP contribution in [-0.2, 0) is 11.0 Å². The fraction of sp³-hybridized carbons (Fsp3) is 0.211. The van der Waals surface area contributed by atoms with Gasteiger partial charge in [-0.2, -0.15) is 13.2 Å². The van der Waals surface area contributed by atoms with Gasteiger partial charge in [0.2, 0.25) is 11.6 Å². The molecule has 2 aromatic carbocycles. The van der Waals surface area contributed by atoms with Crippen LogP contribution in [0.25, 0.3) is 5.69 Å². The highest BCUT2D eigenvalue weighted by atomic mass is 35.5. The average molecular weight is 458 g/mol. The van der Waals surface area contributed by atoms with Gasteiger partial charge in [0, 0.05) is 12.1 Å². The van der Waals surface area contributed by atoms with Gasteiger partial charge in [-0.1, -0.05) is 36.7 Å². The number of alkyl halides is 3. The number of amides is 1. The van der Waals surface area contributed by atoms with E-state index in [4.69, 9.17) is 16.1 Å². The summed E-state index contributed by atoms with van der Waals surface area (Å²) >= 11 is 6.85. The highest BCUT2D eigenvalue weighted by Crippen LogP contribution is 2.35. The molecule has 3 aromatic rings. The zero-order valence-electron chi connectivity index (χ0n) is 15.4. The van der Waals surface area contributed by atoms with E-state index in [1.54, 1.807) is 37.3 Å². The molecule has 0 radical (unpaired) electrons. The number of hydrogen-bond acceptors (Lipinski definition) is 5. The van der Waals surface area contributed by atoms with Gasteiger partial charge in [0.05, 0.1) is 26.8 Å². The molecular formula is C19H15ClF3N3O3S. The Hall–Kier alpha value is -2.72. The number of hydrogen-bond donors (Lipinski definition) is 1. The van der Waals surface area contributed by atoms with E-state index >= 15 is 0 Å². The van der Waals surface area contributed by atoms with Gasteiger partial charge >= 0.3 is 6.18 Å². The summed E-state index contributed by atoms with van der Waals surface area (Å²) in [4.78, 5) is 12.7. The quantitative estimate of drug-likeness (QED) is 0.443. The third-order valence-electron chi connectivity index (χ3n) is 4.04. The smallest absolute Gasteiger partial charge is 0.416 e. The zero-order valence-corrected chi connectivity index (χ0v) is 17.0. The first-order valence-corrected chi connectivity index (χ1v) is 9.95. The minimum atomic E-state index is -4.58. The minimum Gasteiger partial charge on any atom is -0.538 e. The van der Waals surface area contributed by atoms with Gasteiger partial charge < -0.3 is 14.9 Å². The van der Waals surface area contributed by atoms with Gasteiger partial charge in [-0.15, -0.1) is 0 Å². The van der Waals surface area contributed by atoms with Crippen LogP contribution >= 0.6 is 23.4 Å². The van der Waals surface area contributed by atoms with Crippen LogP contribution in [0, 0.1) is 0 Å². The number of thioether (sulfide) groups is 1. The molecule has 1 N–H and O–H groups in total. The predicted molar refractivity (Wildman–Crippen MR) is 103 cm³/mol. The van der Waals surface area contributed by atoms with Crippen LogP contribution in [0.4, 0.5) is 18.9 Å². The molecule has 0 aliphatic heterocycles. The van der Waals surface area contributed by atoms with Crippen molar-refractivity contribution in [2.24, 2.45) is 0 Å². The summed E-state index contributed by atoms with van der Waals surface area (Å²) in [6.07, 6.45) is -4.30. The lowest BCUT2D eigenvalue weighted by atomic mass is 10.2. The van der Waals surface area contributed by atoms with Crippen LogP contribution in [0.1, 0.15) is 18.9 Å². The van der Waals surface area contributed by atoms with Gasteiger partial charge in [-0.25, -0.2) is 0 Å².